The molecule has 0 spiro atoms. The second kappa shape index (κ2) is 7.97. The van der Waals surface area contributed by atoms with Crippen molar-refractivity contribution < 1.29 is 9.59 Å². The van der Waals surface area contributed by atoms with E-state index in [1.165, 1.54) is 6.92 Å². The Bertz CT molecular complexity index is 556. The quantitative estimate of drug-likeness (QED) is 0.540. The van der Waals surface area contributed by atoms with Crippen LogP contribution >= 0.6 is 0 Å². The summed E-state index contributed by atoms with van der Waals surface area (Å²) in [5.41, 5.74) is 7.50. The predicted molar refractivity (Wildman–Crippen MR) is 78.1 cm³/mol. The highest BCUT2D eigenvalue weighted by Gasteiger charge is 2.09. The van der Waals surface area contributed by atoms with Gasteiger partial charge in [-0.2, -0.15) is 0 Å². The van der Waals surface area contributed by atoms with Crippen LogP contribution in [0.25, 0.3) is 0 Å². The third-order valence-corrected chi connectivity index (χ3v) is 2.53. The lowest BCUT2D eigenvalue weighted by Gasteiger charge is -2.08. The summed E-state index contributed by atoms with van der Waals surface area (Å²) in [7, 11) is 0. The molecule has 0 fully saturated rings. The Morgan fingerprint density at radius 3 is 2.60 bits per heavy atom. The van der Waals surface area contributed by atoms with Crippen molar-refractivity contribution in [2.45, 2.75) is 13.8 Å². The van der Waals surface area contributed by atoms with E-state index >= 15 is 0 Å². The summed E-state index contributed by atoms with van der Waals surface area (Å²) in [6.45, 7) is 4.36. The lowest BCUT2D eigenvalue weighted by Crippen LogP contribution is -2.34. The van der Waals surface area contributed by atoms with E-state index in [0.29, 0.717) is 24.2 Å². The van der Waals surface area contributed by atoms with Crippen LogP contribution in [0.4, 0.5) is 0 Å². The van der Waals surface area contributed by atoms with Crippen LogP contribution in [0, 0.1) is 18.8 Å². The van der Waals surface area contributed by atoms with Crippen LogP contribution in [0.5, 0.6) is 0 Å². The third kappa shape index (κ3) is 5.12. The molecule has 0 unspecified atom stereocenters. The summed E-state index contributed by atoms with van der Waals surface area (Å²) < 4.78 is 0. The van der Waals surface area contributed by atoms with Gasteiger partial charge in [0.05, 0.1) is 12.1 Å². The van der Waals surface area contributed by atoms with Crippen LogP contribution in [0.3, 0.4) is 0 Å². The Morgan fingerprint density at radius 1 is 1.25 bits per heavy atom. The topological polar surface area (TPSA) is 84.2 Å². The van der Waals surface area contributed by atoms with E-state index in [1.807, 2.05) is 13.0 Å². The molecule has 4 N–H and O–H groups in total. The molecular formula is C15H19N3O2. The van der Waals surface area contributed by atoms with Crippen LogP contribution < -0.4 is 16.4 Å². The maximum absolute atomic E-state index is 12.1. The Morgan fingerprint density at radius 2 is 1.95 bits per heavy atom. The fourth-order valence-electron chi connectivity index (χ4n) is 1.61. The first-order chi connectivity index (χ1) is 9.54. The predicted octanol–water partition coefficient (Wildman–Crippen LogP) is 0.171. The third-order valence-electron chi connectivity index (χ3n) is 2.53. The monoisotopic (exact) mass is 273 g/mol. The number of nitrogens with one attached hydrogen (secondary N) is 2. The molecule has 0 radical (unpaired) electrons. The molecule has 1 aromatic rings. The smallest absolute Gasteiger partial charge is 0.252 e. The van der Waals surface area contributed by atoms with Gasteiger partial charge in [-0.25, -0.2) is 0 Å². The zero-order chi connectivity index (χ0) is 15.0. The van der Waals surface area contributed by atoms with Crippen molar-refractivity contribution in [2.75, 3.05) is 19.6 Å². The average Bonchev–Trinajstić information content (AvgIpc) is 2.41. The molecule has 0 saturated carbocycles. The fraction of sp³-hybridized carbons (Fsp3) is 0.333. The summed E-state index contributed by atoms with van der Waals surface area (Å²) in [5, 5.41) is 5.36. The van der Waals surface area contributed by atoms with Gasteiger partial charge in [-0.1, -0.05) is 23.5 Å². The Kier molecular flexibility index (Phi) is 6.27. The minimum absolute atomic E-state index is 0.121. The summed E-state index contributed by atoms with van der Waals surface area (Å²) in [6, 6.07) is 5.49. The highest BCUT2D eigenvalue weighted by Crippen LogP contribution is 2.10. The first-order valence-electron chi connectivity index (χ1n) is 6.37. The van der Waals surface area contributed by atoms with Gasteiger partial charge in [0.25, 0.3) is 5.91 Å². The number of carbonyl (C=O) groups excluding carboxylic acids is 2. The number of nitrogens with two attached hydrogens (primary N) is 1. The van der Waals surface area contributed by atoms with E-state index in [1.54, 1.807) is 12.1 Å². The second-order valence-electron chi connectivity index (χ2n) is 4.29. The molecule has 0 saturated heterocycles. The first kappa shape index (κ1) is 15.7. The SMILES string of the molecule is CC(=O)NCCNC(=O)c1cc(C)ccc1C#CCN. The highest BCUT2D eigenvalue weighted by molar-refractivity contribution is 5.97. The van der Waals surface area contributed by atoms with Gasteiger partial charge < -0.3 is 16.4 Å². The van der Waals surface area contributed by atoms with Crippen LogP contribution in [0.15, 0.2) is 18.2 Å². The van der Waals surface area contributed by atoms with E-state index in [-0.39, 0.29) is 18.4 Å². The molecule has 0 aliphatic heterocycles. The molecule has 1 rings (SSSR count). The van der Waals surface area contributed by atoms with Gasteiger partial charge in [0.15, 0.2) is 0 Å². The minimum atomic E-state index is -0.208. The van der Waals surface area contributed by atoms with Gasteiger partial charge in [0.2, 0.25) is 5.91 Å². The molecule has 0 heterocycles. The van der Waals surface area contributed by atoms with Crippen molar-refractivity contribution in [2.24, 2.45) is 5.73 Å². The molecule has 20 heavy (non-hydrogen) atoms. The second-order valence-corrected chi connectivity index (χ2v) is 4.29. The van der Waals surface area contributed by atoms with Gasteiger partial charge in [-0.05, 0) is 19.1 Å². The van der Waals surface area contributed by atoms with Crippen molar-refractivity contribution in [3.8, 4) is 11.8 Å². The number of benzene rings is 1. The van der Waals surface area contributed by atoms with Crippen LogP contribution in [-0.4, -0.2) is 31.4 Å². The summed E-state index contributed by atoms with van der Waals surface area (Å²) >= 11 is 0. The number of hydrogen-bond acceptors (Lipinski definition) is 3. The lowest BCUT2D eigenvalue weighted by atomic mass is 10.0. The number of hydrogen-bond donors (Lipinski definition) is 3. The maximum atomic E-state index is 12.1. The molecule has 0 aromatic heterocycles. The summed E-state index contributed by atoms with van der Waals surface area (Å²) in [6.07, 6.45) is 0. The zero-order valence-corrected chi connectivity index (χ0v) is 11.7. The Labute approximate surface area is 118 Å². The highest BCUT2D eigenvalue weighted by atomic mass is 16.2. The number of aryl methyl sites for hydroxylation is 1. The minimum Gasteiger partial charge on any atom is -0.355 e. The summed E-state index contributed by atoms with van der Waals surface area (Å²) in [4.78, 5) is 22.8. The van der Waals surface area contributed by atoms with Gasteiger partial charge in [-0.3, -0.25) is 9.59 Å². The largest absolute Gasteiger partial charge is 0.355 e. The van der Waals surface area contributed by atoms with E-state index in [2.05, 4.69) is 22.5 Å². The van der Waals surface area contributed by atoms with E-state index in [9.17, 15) is 9.59 Å². The molecule has 0 aliphatic rings. The lowest BCUT2D eigenvalue weighted by molar-refractivity contribution is -0.118. The van der Waals surface area contributed by atoms with Gasteiger partial charge in [0.1, 0.15) is 0 Å². The van der Waals surface area contributed by atoms with Crippen molar-refractivity contribution in [1.82, 2.24) is 10.6 Å². The molecule has 5 nitrogen and oxygen atoms in total. The molecular weight excluding hydrogens is 254 g/mol. The molecule has 1 aromatic carbocycles. The average molecular weight is 273 g/mol. The Hall–Kier alpha value is -2.32. The van der Waals surface area contributed by atoms with Crippen molar-refractivity contribution in [1.29, 1.82) is 0 Å². The van der Waals surface area contributed by atoms with Crippen LogP contribution in [0.1, 0.15) is 28.4 Å². The van der Waals surface area contributed by atoms with Gasteiger partial charge in [0, 0.05) is 25.6 Å². The van der Waals surface area contributed by atoms with E-state index < -0.39 is 0 Å². The van der Waals surface area contributed by atoms with E-state index in [0.717, 1.165) is 5.56 Å². The molecule has 2 amide bonds. The zero-order valence-electron chi connectivity index (χ0n) is 11.7. The number of carbonyl (C=O) groups is 2. The van der Waals surface area contributed by atoms with E-state index in [4.69, 9.17) is 5.73 Å². The maximum Gasteiger partial charge on any atom is 0.252 e. The number of amides is 2. The molecule has 5 heteroatoms. The molecule has 0 atom stereocenters. The Balaban J connectivity index is 2.75. The van der Waals surface area contributed by atoms with Crippen molar-refractivity contribution in [3.05, 3.63) is 34.9 Å². The first-order valence-corrected chi connectivity index (χ1v) is 6.37. The van der Waals surface area contributed by atoms with Crippen LogP contribution in [-0.2, 0) is 4.79 Å². The number of rotatable bonds is 4. The molecule has 0 aliphatic carbocycles. The molecule has 0 bridgehead atoms. The fourth-order valence-corrected chi connectivity index (χ4v) is 1.61. The normalized spacial score (nSPS) is 9.35. The standard InChI is InChI=1S/C15H19N3O2/c1-11-5-6-13(4-3-7-16)14(10-11)15(20)18-9-8-17-12(2)19/h5-6,10H,7-9,16H2,1-2H3,(H,17,19)(H,18,20). The van der Waals surface area contributed by atoms with Gasteiger partial charge in [-0.15, -0.1) is 0 Å². The summed E-state index contributed by atoms with van der Waals surface area (Å²) in [5.74, 6) is 5.30. The van der Waals surface area contributed by atoms with Gasteiger partial charge >= 0.3 is 0 Å². The van der Waals surface area contributed by atoms with Crippen molar-refractivity contribution >= 4 is 11.8 Å². The van der Waals surface area contributed by atoms with Crippen LogP contribution in [0.2, 0.25) is 0 Å². The van der Waals surface area contributed by atoms with Crippen molar-refractivity contribution in [3.63, 3.8) is 0 Å². The molecule has 106 valence electrons.